The lowest BCUT2D eigenvalue weighted by Gasteiger charge is -2.23. The molecule has 1 aromatic heterocycles. The Labute approximate surface area is 128 Å². The minimum absolute atomic E-state index is 0.118. The Morgan fingerprint density at radius 3 is 2.71 bits per heavy atom. The van der Waals surface area contributed by atoms with Crippen LogP contribution in [0.25, 0.3) is 11.0 Å². The van der Waals surface area contributed by atoms with E-state index in [2.05, 4.69) is 11.9 Å². The van der Waals surface area contributed by atoms with Crippen LogP contribution < -0.4 is 0 Å². The summed E-state index contributed by atoms with van der Waals surface area (Å²) in [6.45, 7) is 2.08. The molecule has 114 valence electrons. The first kappa shape index (κ1) is 14.8. The van der Waals surface area contributed by atoms with Crippen molar-refractivity contribution in [3.05, 3.63) is 29.6 Å². The predicted octanol–water partition coefficient (Wildman–Crippen LogP) is 4.85. The number of alkyl halides is 1. The minimum Gasteiger partial charge on any atom is -0.322 e. The molecule has 1 saturated carbocycles. The van der Waals surface area contributed by atoms with Gasteiger partial charge >= 0.3 is 0 Å². The molecule has 5 heteroatoms. The van der Waals surface area contributed by atoms with Gasteiger partial charge in [-0.05, 0) is 37.8 Å². The fraction of sp³-hybridized carbons (Fsp3) is 0.562. The van der Waals surface area contributed by atoms with Crippen molar-refractivity contribution in [1.29, 1.82) is 0 Å². The van der Waals surface area contributed by atoms with Crippen molar-refractivity contribution in [2.75, 3.05) is 5.88 Å². The molecule has 1 heterocycles. The molecule has 0 spiro atoms. The van der Waals surface area contributed by atoms with Crippen molar-refractivity contribution in [1.82, 2.24) is 9.55 Å². The first-order valence-corrected chi connectivity index (χ1v) is 8.07. The monoisotopic (exact) mass is 312 g/mol. The number of halogens is 3. The lowest BCUT2D eigenvalue weighted by Crippen LogP contribution is -2.17. The summed E-state index contributed by atoms with van der Waals surface area (Å²) in [6, 6.07) is 2.80. The minimum atomic E-state index is -0.820. The zero-order valence-corrected chi connectivity index (χ0v) is 12.8. The topological polar surface area (TPSA) is 17.8 Å². The van der Waals surface area contributed by atoms with E-state index in [-0.39, 0.29) is 11.6 Å². The van der Waals surface area contributed by atoms with E-state index in [4.69, 9.17) is 11.6 Å². The van der Waals surface area contributed by atoms with Crippen molar-refractivity contribution >= 4 is 22.6 Å². The van der Waals surface area contributed by atoms with Gasteiger partial charge in [0.15, 0.2) is 11.6 Å². The molecular weight excluding hydrogens is 294 g/mol. The third-order valence-corrected chi connectivity index (χ3v) is 4.81. The zero-order valence-electron chi connectivity index (χ0n) is 12.1. The van der Waals surface area contributed by atoms with Crippen molar-refractivity contribution < 1.29 is 8.78 Å². The van der Waals surface area contributed by atoms with E-state index in [9.17, 15) is 8.78 Å². The maximum atomic E-state index is 14.3. The molecule has 1 aliphatic carbocycles. The van der Waals surface area contributed by atoms with Crippen molar-refractivity contribution in [3.63, 3.8) is 0 Å². The molecule has 1 aromatic carbocycles. The molecule has 2 aromatic rings. The second-order valence-electron chi connectivity index (χ2n) is 5.85. The largest absolute Gasteiger partial charge is 0.322 e. The third-order valence-electron chi connectivity index (χ3n) is 4.62. The fourth-order valence-corrected chi connectivity index (χ4v) is 3.69. The Morgan fingerprint density at radius 1 is 1.33 bits per heavy atom. The summed E-state index contributed by atoms with van der Waals surface area (Å²) in [6.07, 6.45) is 5.26. The number of aryl methyl sites for hydroxylation is 1. The lowest BCUT2D eigenvalue weighted by molar-refractivity contribution is 0.357. The molecule has 21 heavy (non-hydrogen) atoms. The van der Waals surface area contributed by atoms with Crippen LogP contribution >= 0.6 is 11.6 Å². The normalized spacial score (nSPS) is 17.7. The Hall–Kier alpha value is -1.16. The van der Waals surface area contributed by atoms with Gasteiger partial charge in [-0.25, -0.2) is 13.8 Å². The van der Waals surface area contributed by atoms with Crippen LogP contribution in [0.2, 0.25) is 0 Å². The zero-order chi connectivity index (χ0) is 15.0. The molecule has 2 nitrogen and oxygen atoms in total. The van der Waals surface area contributed by atoms with Gasteiger partial charge in [-0.1, -0.05) is 12.8 Å². The quantitative estimate of drug-likeness (QED) is 0.738. The van der Waals surface area contributed by atoms with Gasteiger partial charge in [0.2, 0.25) is 0 Å². The number of hydrogen-bond acceptors (Lipinski definition) is 1. The number of fused-ring (bicyclic) bond motifs is 1. The van der Waals surface area contributed by atoms with E-state index in [1.54, 1.807) is 6.07 Å². The highest BCUT2D eigenvalue weighted by Crippen LogP contribution is 2.37. The molecule has 0 saturated heterocycles. The SMILES string of the molecule is CC(C1CCCC1)n1c(CCCl)nc2ccc(F)c(F)c21. The standard InChI is InChI=1S/C16H19ClF2N2/c1-10(11-4-2-3-5-11)21-14(8-9-17)20-13-7-6-12(18)15(19)16(13)21/h6-7,10-11H,2-5,8-9H2,1H3. The molecule has 1 fully saturated rings. The highest BCUT2D eigenvalue weighted by atomic mass is 35.5. The molecular formula is C16H19ClF2N2. The molecule has 3 rings (SSSR count). The molecule has 0 aliphatic heterocycles. The molecule has 1 atom stereocenters. The summed E-state index contributed by atoms with van der Waals surface area (Å²) < 4.78 is 29.8. The van der Waals surface area contributed by atoms with Crippen molar-refractivity contribution in [3.8, 4) is 0 Å². The van der Waals surface area contributed by atoms with Crippen molar-refractivity contribution in [2.24, 2.45) is 5.92 Å². The summed E-state index contributed by atoms with van der Waals surface area (Å²) in [7, 11) is 0. The van der Waals surface area contributed by atoms with Crippen LogP contribution in [0.15, 0.2) is 12.1 Å². The highest BCUT2D eigenvalue weighted by molar-refractivity contribution is 6.17. The van der Waals surface area contributed by atoms with Gasteiger partial charge in [0, 0.05) is 18.3 Å². The van der Waals surface area contributed by atoms with E-state index in [0.29, 0.717) is 23.7 Å². The maximum Gasteiger partial charge on any atom is 0.184 e. The smallest absolute Gasteiger partial charge is 0.184 e. The number of imidazole rings is 1. The van der Waals surface area contributed by atoms with Gasteiger partial charge in [-0.15, -0.1) is 11.6 Å². The van der Waals surface area contributed by atoms with Crippen LogP contribution in [0.5, 0.6) is 0 Å². The van der Waals surface area contributed by atoms with Gasteiger partial charge in [0.05, 0.1) is 5.52 Å². The van der Waals surface area contributed by atoms with E-state index in [1.165, 1.54) is 12.8 Å². The Kier molecular flexibility index (Phi) is 4.16. The van der Waals surface area contributed by atoms with Gasteiger partial charge in [-0.3, -0.25) is 0 Å². The lowest BCUT2D eigenvalue weighted by atomic mass is 9.99. The van der Waals surface area contributed by atoms with E-state index < -0.39 is 11.6 Å². The Balaban J connectivity index is 2.16. The van der Waals surface area contributed by atoms with Crippen LogP contribution in [0.1, 0.15) is 44.5 Å². The molecule has 0 bridgehead atoms. The maximum absolute atomic E-state index is 14.3. The van der Waals surface area contributed by atoms with E-state index >= 15 is 0 Å². The molecule has 0 N–H and O–H groups in total. The molecule has 1 aliphatic rings. The van der Waals surface area contributed by atoms with Crippen LogP contribution in [-0.4, -0.2) is 15.4 Å². The van der Waals surface area contributed by atoms with E-state index in [0.717, 1.165) is 24.7 Å². The van der Waals surface area contributed by atoms with Gasteiger partial charge in [-0.2, -0.15) is 0 Å². The predicted molar refractivity (Wildman–Crippen MR) is 80.7 cm³/mol. The number of aromatic nitrogens is 2. The van der Waals surface area contributed by atoms with Gasteiger partial charge < -0.3 is 4.57 Å². The summed E-state index contributed by atoms with van der Waals surface area (Å²) in [5.74, 6) is 0.0542. The Morgan fingerprint density at radius 2 is 2.05 bits per heavy atom. The number of rotatable bonds is 4. The van der Waals surface area contributed by atoms with Crippen LogP contribution in [0.4, 0.5) is 8.78 Å². The second kappa shape index (κ2) is 5.91. The van der Waals surface area contributed by atoms with Crippen LogP contribution in [-0.2, 0) is 6.42 Å². The molecule has 1 unspecified atom stereocenters. The van der Waals surface area contributed by atoms with Crippen LogP contribution in [0, 0.1) is 17.6 Å². The summed E-state index contributed by atoms with van der Waals surface area (Å²) in [5.41, 5.74) is 0.799. The highest BCUT2D eigenvalue weighted by Gasteiger charge is 2.27. The fourth-order valence-electron chi connectivity index (χ4n) is 3.52. The molecule has 0 radical (unpaired) electrons. The third kappa shape index (κ3) is 2.54. The number of nitrogens with zero attached hydrogens (tertiary/aromatic N) is 2. The first-order chi connectivity index (χ1) is 10.1. The van der Waals surface area contributed by atoms with Crippen LogP contribution in [0.3, 0.4) is 0 Å². The summed E-state index contributed by atoms with van der Waals surface area (Å²) in [5, 5.41) is 0. The molecule has 0 amide bonds. The Bertz CT molecular complexity index is 647. The van der Waals surface area contributed by atoms with Crippen molar-refractivity contribution in [2.45, 2.75) is 45.1 Å². The van der Waals surface area contributed by atoms with Gasteiger partial charge in [0.25, 0.3) is 0 Å². The average Bonchev–Trinajstić information content (AvgIpc) is 3.10. The van der Waals surface area contributed by atoms with Gasteiger partial charge in [0.1, 0.15) is 11.3 Å². The summed E-state index contributed by atoms with van der Waals surface area (Å²) >= 11 is 5.85. The second-order valence-corrected chi connectivity index (χ2v) is 6.23. The summed E-state index contributed by atoms with van der Waals surface area (Å²) in [4.78, 5) is 4.47. The number of benzene rings is 1. The first-order valence-electron chi connectivity index (χ1n) is 7.54. The number of hydrogen-bond donors (Lipinski definition) is 0. The average molecular weight is 313 g/mol. The van der Waals surface area contributed by atoms with E-state index in [1.807, 2.05) is 4.57 Å².